The lowest BCUT2D eigenvalue weighted by molar-refractivity contribution is -0.137. The molecule has 0 saturated carbocycles. The maximum absolute atomic E-state index is 13.6. The second-order valence-corrected chi connectivity index (χ2v) is 4.12. The van der Waals surface area contributed by atoms with Gasteiger partial charge in [-0.2, -0.15) is 0 Å². The van der Waals surface area contributed by atoms with Crippen molar-refractivity contribution in [2.75, 3.05) is 7.11 Å². The van der Waals surface area contributed by atoms with Crippen LogP contribution in [0.3, 0.4) is 0 Å². The fourth-order valence-electron chi connectivity index (χ4n) is 1.60. The van der Waals surface area contributed by atoms with Crippen LogP contribution in [-0.2, 0) is 4.79 Å². The van der Waals surface area contributed by atoms with Crippen molar-refractivity contribution < 1.29 is 23.8 Å². The van der Waals surface area contributed by atoms with Crippen molar-refractivity contribution in [1.82, 2.24) is 5.32 Å². The summed E-state index contributed by atoms with van der Waals surface area (Å²) in [5.74, 6) is -2.09. The van der Waals surface area contributed by atoms with Crippen LogP contribution >= 0.6 is 0 Å². The summed E-state index contributed by atoms with van der Waals surface area (Å²) in [5, 5.41) is 11.1. The summed E-state index contributed by atoms with van der Waals surface area (Å²) in [6.45, 7) is 1.66. The summed E-state index contributed by atoms with van der Waals surface area (Å²) in [4.78, 5) is 22.3. The number of halogens is 1. The van der Waals surface area contributed by atoms with Crippen LogP contribution in [0.4, 0.5) is 4.39 Å². The molecule has 1 aromatic carbocycles. The first kappa shape index (κ1) is 14.9. The normalized spacial score (nSPS) is 11.7. The SMILES string of the molecule is COc1cccc(F)c1C(=O)NC(C)CCC(=O)O. The molecule has 5 nitrogen and oxygen atoms in total. The minimum absolute atomic E-state index is 0.0597. The van der Waals surface area contributed by atoms with Gasteiger partial charge in [0.05, 0.1) is 7.11 Å². The Morgan fingerprint density at radius 1 is 1.47 bits per heavy atom. The van der Waals surface area contributed by atoms with Crippen LogP contribution in [0.2, 0.25) is 0 Å². The van der Waals surface area contributed by atoms with Crippen LogP contribution in [0, 0.1) is 5.82 Å². The minimum atomic E-state index is -0.940. The van der Waals surface area contributed by atoms with Crippen LogP contribution < -0.4 is 10.1 Å². The van der Waals surface area contributed by atoms with Gasteiger partial charge in [-0.1, -0.05) is 6.07 Å². The molecule has 0 aliphatic rings. The Labute approximate surface area is 110 Å². The summed E-state index contributed by atoms with van der Waals surface area (Å²) >= 11 is 0. The van der Waals surface area contributed by atoms with E-state index < -0.39 is 17.7 Å². The van der Waals surface area contributed by atoms with Gasteiger partial charge >= 0.3 is 5.97 Å². The van der Waals surface area contributed by atoms with E-state index in [1.165, 1.54) is 25.3 Å². The second kappa shape index (κ2) is 6.72. The van der Waals surface area contributed by atoms with Crippen LogP contribution in [0.1, 0.15) is 30.1 Å². The number of methoxy groups -OCH3 is 1. The largest absolute Gasteiger partial charge is 0.496 e. The Bertz CT molecular complexity index is 476. The number of carboxylic acids is 1. The number of rotatable bonds is 6. The van der Waals surface area contributed by atoms with Gasteiger partial charge in [-0.25, -0.2) is 4.39 Å². The molecule has 0 radical (unpaired) electrons. The van der Waals surface area contributed by atoms with E-state index in [2.05, 4.69) is 5.32 Å². The third-order valence-corrected chi connectivity index (χ3v) is 2.59. The van der Waals surface area contributed by atoms with Gasteiger partial charge < -0.3 is 15.2 Å². The zero-order valence-electron chi connectivity index (χ0n) is 10.8. The molecule has 0 bridgehead atoms. The molecule has 0 heterocycles. The van der Waals surface area contributed by atoms with Crippen molar-refractivity contribution in [2.45, 2.75) is 25.8 Å². The monoisotopic (exact) mass is 269 g/mol. The molecule has 0 saturated heterocycles. The predicted molar refractivity (Wildman–Crippen MR) is 66.8 cm³/mol. The van der Waals surface area contributed by atoms with Gasteiger partial charge in [-0.05, 0) is 25.5 Å². The topological polar surface area (TPSA) is 75.6 Å². The fourth-order valence-corrected chi connectivity index (χ4v) is 1.60. The molecule has 104 valence electrons. The third-order valence-electron chi connectivity index (χ3n) is 2.59. The zero-order valence-corrected chi connectivity index (χ0v) is 10.8. The summed E-state index contributed by atoms with van der Waals surface area (Å²) in [7, 11) is 1.35. The smallest absolute Gasteiger partial charge is 0.303 e. The number of nitrogens with one attached hydrogen (secondary N) is 1. The lowest BCUT2D eigenvalue weighted by Gasteiger charge is -2.14. The summed E-state index contributed by atoms with van der Waals surface area (Å²) in [6.07, 6.45) is 0.216. The maximum atomic E-state index is 13.6. The number of amides is 1. The van der Waals surface area contributed by atoms with Gasteiger partial charge in [-0.15, -0.1) is 0 Å². The molecule has 1 amide bonds. The molecule has 1 rings (SSSR count). The Balaban J connectivity index is 2.75. The number of carbonyl (C=O) groups is 2. The first-order valence-corrected chi connectivity index (χ1v) is 5.81. The summed E-state index contributed by atoms with van der Waals surface area (Å²) < 4.78 is 18.5. The number of ether oxygens (including phenoxy) is 1. The number of hydrogen-bond donors (Lipinski definition) is 2. The van der Waals surface area contributed by atoms with Gasteiger partial charge in [0.2, 0.25) is 0 Å². The summed E-state index contributed by atoms with van der Waals surface area (Å²) in [6, 6.07) is 3.73. The van der Waals surface area contributed by atoms with Gasteiger partial charge in [0.25, 0.3) is 5.91 Å². The van der Waals surface area contributed by atoms with Crippen LogP contribution in [0.25, 0.3) is 0 Å². The highest BCUT2D eigenvalue weighted by Gasteiger charge is 2.19. The summed E-state index contributed by atoms with van der Waals surface area (Å²) in [5.41, 5.74) is -0.174. The van der Waals surface area contributed by atoms with Crippen molar-refractivity contribution in [2.24, 2.45) is 0 Å². The van der Waals surface area contributed by atoms with E-state index in [1.807, 2.05) is 0 Å². The highest BCUT2D eigenvalue weighted by atomic mass is 19.1. The molecule has 0 aliphatic carbocycles. The highest BCUT2D eigenvalue weighted by Crippen LogP contribution is 2.21. The van der Waals surface area contributed by atoms with E-state index >= 15 is 0 Å². The molecule has 6 heteroatoms. The van der Waals surface area contributed by atoms with Crippen molar-refractivity contribution in [3.8, 4) is 5.75 Å². The van der Waals surface area contributed by atoms with E-state index in [0.29, 0.717) is 0 Å². The van der Waals surface area contributed by atoms with E-state index in [1.54, 1.807) is 6.92 Å². The number of carbonyl (C=O) groups excluding carboxylic acids is 1. The quantitative estimate of drug-likeness (QED) is 0.826. The van der Waals surface area contributed by atoms with E-state index in [0.717, 1.165) is 0 Å². The number of benzene rings is 1. The molecular weight excluding hydrogens is 253 g/mol. The lowest BCUT2D eigenvalue weighted by atomic mass is 10.1. The van der Waals surface area contributed by atoms with Crippen molar-refractivity contribution in [3.05, 3.63) is 29.6 Å². The molecular formula is C13H16FNO4. The molecule has 0 spiro atoms. The predicted octanol–water partition coefficient (Wildman–Crippen LogP) is 1.82. The van der Waals surface area contributed by atoms with E-state index in [-0.39, 0.29) is 30.2 Å². The van der Waals surface area contributed by atoms with E-state index in [4.69, 9.17) is 9.84 Å². The number of hydrogen-bond acceptors (Lipinski definition) is 3. The number of carboxylic acid groups (broad SMARTS) is 1. The van der Waals surface area contributed by atoms with Crippen molar-refractivity contribution in [3.63, 3.8) is 0 Å². The van der Waals surface area contributed by atoms with Gasteiger partial charge in [0.15, 0.2) is 0 Å². The second-order valence-electron chi connectivity index (χ2n) is 4.12. The maximum Gasteiger partial charge on any atom is 0.303 e. The molecule has 0 aromatic heterocycles. The van der Waals surface area contributed by atoms with Crippen LogP contribution in [-0.4, -0.2) is 30.1 Å². The third kappa shape index (κ3) is 4.24. The number of aliphatic carboxylic acids is 1. The molecule has 0 aliphatic heterocycles. The standard InChI is InChI=1S/C13H16FNO4/c1-8(6-7-11(16)17)15-13(18)12-9(14)4-3-5-10(12)19-2/h3-5,8H,6-7H2,1-2H3,(H,15,18)(H,16,17). The molecule has 1 aromatic rings. The van der Waals surface area contributed by atoms with Crippen molar-refractivity contribution >= 4 is 11.9 Å². The van der Waals surface area contributed by atoms with Crippen molar-refractivity contribution in [1.29, 1.82) is 0 Å². The van der Waals surface area contributed by atoms with Gasteiger partial charge in [0.1, 0.15) is 17.1 Å². The zero-order chi connectivity index (χ0) is 14.4. The fraction of sp³-hybridized carbons (Fsp3) is 0.385. The minimum Gasteiger partial charge on any atom is -0.496 e. The first-order chi connectivity index (χ1) is 8.95. The Kier molecular flexibility index (Phi) is 5.29. The highest BCUT2D eigenvalue weighted by molar-refractivity contribution is 5.97. The lowest BCUT2D eigenvalue weighted by Crippen LogP contribution is -2.33. The Morgan fingerprint density at radius 2 is 2.16 bits per heavy atom. The average Bonchev–Trinajstić information content (AvgIpc) is 2.35. The molecule has 2 N–H and O–H groups in total. The van der Waals surface area contributed by atoms with Crippen LogP contribution in [0.15, 0.2) is 18.2 Å². The first-order valence-electron chi connectivity index (χ1n) is 5.81. The van der Waals surface area contributed by atoms with Gasteiger partial charge in [-0.3, -0.25) is 9.59 Å². The van der Waals surface area contributed by atoms with Gasteiger partial charge in [0, 0.05) is 12.5 Å². The molecule has 19 heavy (non-hydrogen) atoms. The average molecular weight is 269 g/mol. The van der Waals surface area contributed by atoms with E-state index in [9.17, 15) is 14.0 Å². The van der Waals surface area contributed by atoms with Crippen LogP contribution in [0.5, 0.6) is 5.75 Å². The Morgan fingerprint density at radius 3 is 2.74 bits per heavy atom. The molecule has 0 fully saturated rings. The molecule has 1 unspecified atom stereocenters. The Hall–Kier alpha value is -2.11. The molecule has 1 atom stereocenters.